The van der Waals surface area contributed by atoms with Crippen molar-refractivity contribution in [2.24, 2.45) is 0 Å². The van der Waals surface area contributed by atoms with Gasteiger partial charge in [-0.15, -0.1) is 0 Å². The molecule has 1 aromatic rings. The molecule has 0 unspecified atom stereocenters. The molecular formula is C10H15N3. The first-order chi connectivity index (χ1) is 6.38. The third kappa shape index (κ3) is 1.87. The monoisotopic (exact) mass is 177 g/mol. The summed E-state index contributed by atoms with van der Waals surface area (Å²) in [5, 5.41) is 3.38. The number of pyridine rings is 1. The van der Waals surface area contributed by atoms with Gasteiger partial charge in [0.05, 0.1) is 11.7 Å². The van der Waals surface area contributed by atoms with Gasteiger partial charge in [-0.05, 0) is 19.2 Å². The lowest BCUT2D eigenvalue weighted by molar-refractivity contribution is 0.198. The predicted octanol–water partition coefficient (Wildman–Crippen LogP) is 0.658. The number of aromatic nitrogens is 1. The van der Waals surface area contributed by atoms with Gasteiger partial charge in [0.25, 0.3) is 0 Å². The van der Waals surface area contributed by atoms with Gasteiger partial charge >= 0.3 is 0 Å². The summed E-state index contributed by atoms with van der Waals surface area (Å²) in [5.41, 5.74) is 1.16. The van der Waals surface area contributed by atoms with E-state index >= 15 is 0 Å². The SMILES string of the molecule is CN1CCNC[C@H]1c1ccccn1. The number of likely N-dealkylation sites (N-methyl/N-ethyl adjacent to an activating group) is 1. The molecule has 1 aliphatic rings. The molecule has 3 nitrogen and oxygen atoms in total. The molecule has 0 saturated carbocycles. The summed E-state index contributed by atoms with van der Waals surface area (Å²) in [6, 6.07) is 6.54. The normalized spacial score (nSPS) is 24.5. The van der Waals surface area contributed by atoms with E-state index in [0.29, 0.717) is 6.04 Å². The van der Waals surface area contributed by atoms with E-state index in [4.69, 9.17) is 0 Å². The van der Waals surface area contributed by atoms with Gasteiger partial charge in [0.15, 0.2) is 0 Å². The van der Waals surface area contributed by atoms with Gasteiger partial charge in [0, 0.05) is 25.8 Å². The number of piperazine rings is 1. The van der Waals surface area contributed by atoms with Gasteiger partial charge in [-0.1, -0.05) is 6.07 Å². The van der Waals surface area contributed by atoms with E-state index in [-0.39, 0.29) is 0 Å². The van der Waals surface area contributed by atoms with Crippen molar-refractivity contribution in [3.8, 4) is 0 Å². The number of hydrogen-bond acceptors (Lipinski definition) is 3. The fourth-order valence-electron chi connectivity index (χ4n) is 1.71. The molecule has 1 fully saturated rings. The van der Waals surface area contributed by atoms with Crippen molar-refractivity contribution in [3.63, 3.8) is 0 Å². The first-order valence-electron chi connectivity index (χ1n) is 4.70. The first kappa shape index (κ1) is 8.66. The Kier molecular flexibility index (Phi) is 2.57. The van der Waals surface area contributed by atoms with Gasteiger partial charge < -0.3 is 5.32 Å². The minimum absolute atomic E-state index is 0.440. The molecule has 0 amide bonds. The van der Waals surface area contributed by atoms with Crippen molar-refractivity contribution in [2.75, 3.05) is 26.7 Å². The summed E-state index contributed by atoms with van der Waals surface area (Å²) in [6.07, 6.45) is 1.86. The van der Waals surface area contributed by atoms with Crippen LogP contribution in [0.5, 0.6) is 0 Å². The summed E-state index contributed by atoms with van der Waals surface area (Å²) in [7, 11) is 2.15. The van der Waals surface area contributed by atoms with Crippen molar-refractivity contribution in [1.29, 1.82) is 0 Å². The van der Waals surface area contributed by atoms with Crippen LogP contribution in [-0.4, -0.2) is 36.6 Å². The van der Waals surface area contributed by atoms with E-state index < -0.39 is 0 Å². The minimum atomic E-state index is 0.440. The van der Waals surface area contributed by atoms with E-state index in [1.165, 1.54) is 0 Å². The highest BCUT2D eigenvalue weighted by molar-refractivity contribution is 5.10. The van der Waals surface area contributed by atoms with E-state index in [1.807, 2.05) is 18.3 Å². The summed E-state index contributed by atoms with van der Waals surface area (Å²) >= 11 is 0. The summed E-state index contributed by atoms with van der Waals surface area (Å²) < 4.78 is 0. The standard InChI is InChI=1S/C10H15N3/c1-13-7-6-11-8-10(13)9-4-2-3-5-12-9/h2-5,10-11H,6-8H2,1H3/t10-/m0/s1. The van der Waals surface area contributed by atoms with Crippen LogP contribution in [0.4, 0.5) is 0 Å². The van der Waals surface area contributed by atoms with Crippen LogP contribution in [0.1, 0.15) is 11.7 Å². The second-order valence-electron chi connectivity index (χ2n) is 3.46. The maximum absolute atomic E-state index is 4.37. The predicted molar refractivity (Wildman–Crippen MR) is 52.5 cm³/mol. The molecule has 2 heterocycles. The Morgan fingerprint density at radius 1 is 1.54 bits per heavy atom. The zero-order chi connectivity index (χ0) is 9.10. The Labute approximate surface area is 78.8 Å². The van der Waals surface area contributed by atoms with Gasteiger partial charge in [-0.3, -0.25) is 9.88 Å². The quantitative estimate of drug-likeness (QED) is 0.683. The molecule has 0 aromatic carbocycles. The highest BCUT2D eigenvalue weighted by Gasteiger charge is 2.20. The summed E-state index contributed by atoms with van der Waals surface area (Å²) in [4.78, 5) is 6.72. The van der Waals surface area contributed by atoms with Crippen molar-refractivity contribution in [3.05, 3.63) is 30.1 Å². The Bertz CT molecular complexity index is 260. The zero-order valence-electron chi connectivity index (χ0n) is 7.90. The molecule has 1 aliphatic heterocycles. The first-order valence-corrected chi connectivity index (χ1v) is 4.70. The van der Waals surface area contributed by atoms with Gasteiger partial charge in [0.2, 0.25) is 0 Å². The molecule has 13 heavy (non-hydrogen) atoms. The molecule has 1 saturated heterocycles. The number of nitrogens with zero attached hydrogens (tertiary/aromatic N) is 2. The average molecular weight is 177 g/mol. The van der Waals surface area contributed by atoms with Crippen LogP contribution in [0, 0.1) is 0 Å². The summed E-state index contributed by atoms with van der Waals surface area (Å²) in [6.45, 7) is 3.19. The molecule has 1 N–H and O–H groups in total. The fourth-order valence-corrected chi connectivity index (χ4v) is 1.71. The van der Waals surface area contributed by atoms with Crippen LogP contribution in [0.25, 0.3) is 0 Å². The molecule has 0 aliphatic carbocycles. The molecular weight excluding hydrogens is 162 g/mol. The average Bonchev–Trinajstić information content (AvgIpc) is 2.20. The highest BCUT2D eigenvalue weighted by Crippen LogP contribution is 2.17. The van der Waals surface area contributed by atoms with Crippen molar-refractivity contribution >= 4 is 0 Å². The molecule has 1 atom stereocenters. The lowest BCUT2D eigenvalue weighted by atomic mass is 10.1. The smallest absolute Gasteiger partial charge is 0.0644 e. The molecule has 0 bridgehead atoms. The third-order valence-corrected chi connectivity index (χ3v) is 2.54. The Morgan fingerprint density at radius 3 is 3.15 bits per heavy atom. The third-order valence-electron chi connectivity index (χ3n) is 2.54. The second kappa shape index (κ2) is 3.85. The van der Waals surface area contributed by atoms with Crippen LogP contribution in [0.15, 0.2) is 24.4 Å². The molecule has 0 radical (unpaired) electrons. The topological polar surface area (TPSA) is 28.2 Å². The van der Waals surface area contributed by atoms with Gasteiger partial charge in [-0.2, -0.15) is 0 Å². The lowest BCUT2D eigenvalue weighted by Crippen LogP contribution is -2.44. The maximum atomic E-state index is 4.37. The molecule has 0 spiro atoms. The maximum Gasteiger partial charge on any atom is 0.0644 e. The molecule has 2 rings (SSSR count). The Balaban J connectivity index is 2.15. The van der Waals surface area contributed by atoms with Crippen LogP contribution in [-0.2, 0) is 0 Å². The highest BCUT2D eigenvalue weighted by atomic mass is 15.2. The van der Waals surface area contributed by atoms with Gasteiger partial charge in [-0.25, -0.2) is 0 Å². The molecule has 1 aromatic heterocycles. The fraction of sp³-hybridized carbons (Fsp3) is 0.500. The minimum Gasteiger partial charge on any atom is -0.313 e. The van der Waals surface area contributed by atoms with E-state index in [9.17, 15) is 0 Å². The van der Waals surface area contributed by atoms with E-state index in [0.717, 1.165) is 25.3 Å². The Morgan fingerprint density at radius 2 is 2.46 bits per heavy atom. The molecule has 3 heteroatoms. The van der Waals surface area contributed by atoms with E-state index in [1.54, 1.807) is 0 Å². The second-order valence-corrected chi connectivity index (χ2v) is 3.46. The lowest BCUT2D eigenvalue weighted by Gasteiger charge is -2.32. The van der Waals surface area contributed by atoms with Crippen LogP contribution >= 0.6 is 0 Å². The summed E-state index contributed by atoms with van der Waals surface area (Å²) in [5.74, 6) is 0. The number of nitrogens with one attached hydrogen (secondary N) is 1. The largest absolute Gasteiger partial charge is 0.313 e. The van der Waals surface area contributed by atoms with Crippen LogP contribution in [0.3, 0.4) is 0 Å². The Hall–Kier alpha value is -0.930. The van der Waals surface area contributed by atoms with Crippen LogP contribution < -0.4 is 5.32 Å². The number of rotatable bonds is 1. The molecule has 70 valence electrons. The van der Waals surface area contributed by atoms with E-state index in [2.05, 4.69) is 28.3 Å². The van der Waals surface area contributed by atoms with Crippen molar-refractivity contribution in [2.45, 2.75) is 6.04 Å². The van der Waals surface area contributed by atoms with Gasteiger partial charge in [0.1, 0.15) is 0 Å². The zero-order valence-corrected chi connectivity index (χ0v) is 7.90. The van der Waals surface area contributed by atoms with Crippen molar-refractivity contribution < 1.29 is 0 Å². The van der Waals surface area contributed by atoms with Crippen molar-refractivity contribution in [1.82, 2.24) is 15.2 Å². The van der Waals surface area contributed by atoms with Crippen LogP contribution in [0.2, 0.25) is 0 Å². The number of hydrogen-bond donors (Lipinski definition) is 1.